The fourth-order valence-electron chi connectivity index (χ4n) is 1.72. The van der Waals surface area contributed by atoms with Crippen LogP contribution in [0.15, 0.2) is 66.4 Å². The molecule has 0 fully saturated rings. The monoisotopic (exact) mass is 252 g/mol. The summed E-state index contributed by atoms with van der Waals surface area (Å²) in [4.78, 5) is 22.3. The van der Waals surface area contributed by atoms with E-state index < -0.39 is 5.92 Å². The van der Waals surface area contributed by atoms with Crippen molar-refractivity contribution in [1.82, 2.24) is 0 Å². The lowest BCUT2D eigenvalue weighted by Gasteiger charge is -2.12. The Hall–Kier alpha value is -2.64. The first-order chi connectivity index (χ1) is 9.35. The van der Waals surface area contributed by atoms with Crippen LogP contribution in [0.4, 0.5) is 0 Å². The lowest BCUT2D eigenvalue weighted by Crippen LogP contribution is -2.10. The number of para-hydroxylation sites is 1. The van der Waals surface area contributed by atoms with Gasteiger partial charge in [-0.15, -0.1) is 0 Å². The van der Waals surface area contributed by atoms with E-state index in [1.54, 1.807) is 54.5 Å². The van der Waals surface area contributed by atoms with Crippen LogP contribution >= 0.6 is 0 Å². The fourth-order valence-corrected chi connectivity index (χ4v) is 1.72. The molecule has 1 atom stereocenters. The number of benzene rings is 2. The molecule has 0 heterocycles. The van der Waals surface area contributed by atoms with Crippen molar-refractivity contribution < 1.29 is 14.3 Å². The highest BCUT2D eigenvalue weighted by Gasteiger charge is 2.19. The normalized spacial score (nSPS) is 11.2. The maximum Gasteiger partial charge on any atom is 0.201 e. The van der Waals surface area contributed by atoms with E-state index in [9.17, 15) is 9.59 Å². The van der Waals surface area contributed by atoms with Crippen LogP contribution in [0.25, 0.3) is 0 Å². The van der Waals surface area contributed by atoms with Gasteiger partial charge in [0, 0.05) is 0 Å². The van der Waals surface area contributed by atoms with Gasteiger partial charge in [0.1, 0.15) is 18.0 Å². The van der Waals surface area contributed by atoms with Crippen LogP contribution < -0.4 is 4.74 Å². The fraction of sp³-hybridized carbons (Fsp3) is 0.0625. The highest BCUT2D eigenvalue weighted by atomic mass is 16.5. The Morgan fingerprint density at radius 3 is 2.11 bits per heavy atom. The topological polar surface area (TPSA) is 43.4 Å². The minimum atomic E-state index is -0.737. The van der Waals surface area contributed by atoms with Crippen LogP contribution in [0, 0.1) is 0 Å². The van der Waals surface area contributed by atoms with E-state index in [2.05, 4.69) is 0 Å². The second-order valence-electron chi connectivity index (χ2n) is 3.91. The molecule has 0 aliphatic rings. The number of rotatable bonds is 5. The van der Waals surface area contributed by atoms with Gasteiger partial charge >= 0.3 is 0 Å². The van der Waals surface area contributed by atoms with Crippen molar-refractivity contribution in [2.24, 2.45) is 0 Å². The first kappa shape index (κ1) is 12.8. The molecular weight excluding hydrogens is 240 g/mol. The summed E-state index contributed by atoms with van der Waals surface area (Å²) in [5.74, 6) is 1.44. The van der Waals surface area contributed by atoms with E-state index >= 15 is 0 Å². The van der Waals surface area contributed by atoms with Gasteiger partial charge in [0.15, 0.2) is 5.94 Å². The molecule has 94 valence electrons. The van der Waals surface area contributed by atoms with Crippen LogP contribution in [-0.2, 0) is 9.59 Å². The number of hydrogen-bond donors (Lipinski definition) is 0. The third kappa shape index (κ3) is 3.18. The molecule has 0 radical (unpaired) electrons. The first-order valence-electron chi connectivity index (χ1n) is 5.83. The summed E-state index contributed by atoms with van der Waals surface area (Å²) < 4.78 is 5.43. The van der Waals surface area contributed by atoms with Crippen LogP contribution in [0.1, 0.15) is 11.5 Å². The number of ether oxygens (including phenoxy) is 1. The molecule has 0 saturated carbocycles. The average Bonchev–Trinajstić information content (AvgIpc) is 2.49. The smallest absolute Gasteiger partial charge is 0.201 e. The minimum Gasteiger partial charge on any atom is -0.449 e. The zero-order valence-corrected chi connectivity index (χ0v) is 10.2. The summed E-state index contributed by atoms with van der Waals surface area (Å²) in [7, 11) is 0. The molecule has 3 nitrogen and oxygen atoms in total. The van der Waals surface area contributed by atoms with Gasteiger partial charge in [0.2, 0.25) is 5.76 Å². The van der Waals surface area contributed by atoms with Crippen molar-refractivity contribution in [2.75, 3.05) is 0 Å². The molecule has 2 aromatic rings. The van der Waals surface area contributed by atoms with Crippen LogP contribution in [-0.4, -0.2) is 12.2 Å². The molecule has 1 unspecified atom stereocenters. The molecule has 2 rings (SSSR count). The maximum atomic E-state index is 11.2. The molecule has 0 bridgehead atoms. The second-order valence-corrected chi connectivity index (χ2v) is 3.91. The lowest BCUT2D eigenvalue weighted by molar-refractivity contribution is -0.108. The summed E-state index contributed by atoms with van der Waals surface area (Å²) in [5, 5.41) is 0. The number of allylic oxidation sites excluding steroid dienone is 1. The van der Waals surface area contributed by atoms with Crippen LogP contribution in [0.5, 0.6) is 5.75 Å². The van der Waals surface area contributed by atoms with Gasteiger partial charge in [0.05, 0.1) is 0 Å². The summed E-state index contributed by atoms with van der Waals surface area (Å²) in [5.41, 5.74) is 0.701. The molecule has 0 saturated heterocycles. The van der Waals surface area contributed by atoms with Crippen molar-refractivity contribution in [3.05, 3.63) is 72.0 Å². The zero-order valence-electron chi connectivity index (χ0n) is 10.2. The van der Waals surface area contributed by atoms with Crippen molar-refractivity contribution >= 4 is 12.2 Å². The second kappa shape index (κ2) is 6.34. The molecule has 0 N–H and O–H groups in total. The molecule has 0 spiro atoms. The average molecular weight is 252 g/mol. The van der Waals surface area contributed by atoms with Gasteiger partial charge in [-0.2, -0.15) is 0 Å². The SMILES string of the molecule is O=C=C(Oc1ccccc1)C(C=O)c1ccccc1. The Kier molecular flexibility index (Phi) is 4.27. The number of carbonyl (C=O) groups is 1. The number of aldehydes is 1. The third-order valence-corrected chi connectivity index (χ3v) is 2.65. The molecule has 3 heteroatoms. The third-order valence-electron chi connectivity index (χ3n) is 2.65. The lowest BCUT2D eigenvalue weighted by atomic mass is 9.99. The van der Waals surface area contributed by atoms with Crippen LogP contribution in [0.3, 0.4) is 0 Å². The number of hydrogen-bond acceptors (Lipinski definition) is 3. The standard InChI is InChI=1S/C16H12O3/c17-11-15(13-7-3-1-4-8-13)16(12-18)19-14-9-5-2-6-10-14/h1-11,15H. The van der Waals surface area contributed by atoms with Gasteiger partial charge < -0.3 is 9.53 Å². The minimum absolute atomic E-state index is 0.0348. The van der Waals surface area contributed by atoms with Crippen molar-refractivity contribution in [2.45, 2.75) is 5.92 Å². The highest BCUT2D eigenvalue weighted by Crippen LogP contribution is 2.23. The van der Waals surface area contributed by atoms with Gasteiger partial charge in [-0.1, -0.05) is 48.5 Å². The van der Waals surface area contributed by atoms with Crippen molar-refractivity contribution in [3.8, 4) is 5.75 Å². The van der Waals surface area contributed by atoms with E-state index in [1.165, 1.54) is 0 Å². The Morgan fingerprint density at radius 2 is 1.58 bits per heavy atom. The van der Waals surface area contributed by atoms with Gasteiger partial charge in [-0.3, -0.25) is 0 Å². The Morgan fingerprint density at radius 1 is 1.00 bits per heavy atom. The highest BCUT2D eigenvalue weighted by molar-refractivity contribution is 5.73. The van der Waals surface area contributed by atoms with E-state index in [-0.39, 0.29) is 5.76 Å². The zero-order chi connectivity index (χ0) is 13.5. The Bertz CT molecular complexity index is 584. The Balaban J connectivity index is 2.26. The predicted octanol–water partition coefficient (Wildman–Crippen LogP) is 2.76. The summed E-state index contributed by atoms with van der Waals surface area (Å²) in [6.45, 7) is 0. The van der Waals surface area contributed by atoms with Gasteiger partial charge in [-0.05, 0) is 17.7 Å². The van der Waals surface area contributed by atoms with E-state index in [0.29, 0.717) is 17.6 Å². The van der Waals surface area contributed by atoms with Crippen molar-refractivity contribution in [1.29, 1.82) is 0 Å². The first-order valence-corrected chi connectivity index (χ1v) is 5.83. The largest absolute Gasteiger partial charge is 0.449 e. The predicted molar refractivity (Wildman–Crippen MR) is 71.5 cm³/mol. The van der Waals surface area contributed by atoms with Gasteiger partial charge in [-0.25, -0.2) is 4.79 Å². The quantitative estimate of drug-likeness (QED) is 0.467. The molecule has 0 amide bonds. The molecular formula is C16H12O3. The molecule has 0 aromatic heterocycles. The molecule has 0 aliphatic heterocycles. The molecule has 19 heavy (non-hydrogen) atoms. The summed E-state index contributed by atoms with van der Waals surface area (Å²) >= 11 is 0. The number of carbonyl (C=O) groups excluding carboxylic acids is 2. The summed E-state index contributed by atoms with van der Waals surface area (Å²) in [6.07, 6.45) is 0.679. The van der Waals surface area contributed by atoms with Gasteiger partial charge in [0.25, 0.3) is 0 Å². The van der Waals surface area contributed by atoms with E-state index in [4.69, 9.17) is 4.74 Å². The van der Waals surface area contributed by atoms with E-state index in [1.807, 2.05) is 12.1 Å². The Labute approximate surface area is 111 Å². The van der Waals surface area contributed by atoms with Crippen LogP contribution in [0.2, 0.25) is 0 Å². The summed E-state index contributed by atoms with van der Waals surface area (Å²) in [6, 6.07) is 17.8. The molecule has 0 aliphatic carbocycles. The van der Waals surface area contributed by atoms with E-state index in [0.717, 1.165) is 0 Å². The molecule has 2 aromatic carbocycles. The van der Waals surface area contributed by atoms with Crippen molar-refractivity contribution in [3.63, 3.8) is 0 Å². The maximum absolute atomic E-state index is 11.2.